The number of pyridine rings is 1. The summed E-state index contributed by atoms with van der Waals surface area (Å²) in [5.74, 6) is 0.169. The summed E-state index contributed by atoms with van der Waals surface area (Å²) in [5.41, 5.74) is 3.69. The highest BCUT2D eigenvalue weighted by atomic mass is 16.5. The number of hydrogen-bond donors (Lipinski definition) is 0. The Morgan fingerprint density at radius 1 is 0.889 bits per heavy atom. The summed E-state index contributed by atoms with van der Waals surface area (Å²) in [5, 5.41) is 0. The quantitative estimate of drug-likeness (QED) is 0.439. The van der Waals surface area contributed by atoms with Gasteiger partial charge in [0.2, 0.25) is 0 Å². The number of benzene rings is 2. The van der Waals surface area contributed by atoms with Crippen LogP contribution in [0.25, 0.3) is 12.2 Å². The van der Waals surface area contributed by atoms with E-state index in [-0.39, 0.29) is 11.4 Å². The van der Waals surface area contributed by atoms with E-state index < -0.39 is 0 Å². The van der Waals surface area contributed by atoms with Crippen LogP contribution in [0, 0.1) is 0 Å². The third-order valence-corrected chi connectivity index (χ3v) is 4.21. The minimum atomic E-state index is -0.354. The molecule has 2 aromatic carbocycles. The van der Waals surface area contributed by atoms with Crippen LogP contribution in [0.2, 0.25) is 0 Å². The highest BCUT2D eigenvalue weighted by Gasteiger charge is 2.15. The van der Waals surface area contributed by atoms with Crippen molar-refractivity contribution in [3.8, 4) is 5.75 Å². The number of aromatic nitrogens is 1. The predicted molar refractivity (Wildman–Crippen MR) is 110 cm³/mol. The average Bonchev–Trinajstić information content (AvgIpc) is 2.68. The van der Waals surface area contributed by atoms with E-state index in [1.54, 1.807) is 18.3 Å². The summed E-state index contributed by atoms with van der Waals surface area (Å²) >= 11 is 0. The van der Waals surface area contributed by atoms with Gasteiger partial charge in [-0.2, -0.15) is 0 Å². The molecule has 0 fully saturated rings. The zero-order valence-corrected chi connectivity index (χ0v) is 15.8. The van der Waals surface area contributed by atoms with Gasteiger partial charge < -0.3 is 4.74 Å². The summed E-state index contributed by atoms with van der Waals surface area (Å²) < 4.78 is 5.47. The molecule has 0 spiro atoms. The monoisotopic (exact) mass is 357 g/mol. The van der Waals surface area contributed by atoms with Crippen molar-refractivity contribution in [2.24, 2.45) is 0 Å². The van der Waals surface area contributed by atoms with Gasteiger partial charge in [-0.25, -0.2) is 4.79 Å². The van der Waals surface area contributed by atoms with Crippen molar-refractivity contribution in [3.63, 3.8) is 0 Å². The van der Waals surface area contributed by atoms with Crippen LogP contribution in [0.4, 0.5) is 0 Å². The summed E-state index contributed by atoms with van der Waals surface area (Å²) in [4.78, 5) is 16.6. The Hall–Kier alpha value is -3.20. The molecule has 0 unspecified atom stereocenters. The molecule has 3 heteroatoms. The van der Waals surface area contributed by atoms with Crippen molar-refractivity contribution in [1.82, 2.24) is 4.98 Å². The fourth-order valence-corrected chi connectivity index (χ4v) is 2.58. The molecule has 3 aromatic rings. The second-order valence-corrected chi connectivity index (χ2v) is 7.37. The molecule has 0 saturated heterocycles. The Bertz CT molecular complexity index is 919. The highest BCUT2D eigenvalue weighted by Crippen LogP contribution is 2.23. The maximum Gasteiger partial charge on any atom is 0.343 e. The smallest absolute Gasteiger partial charge is 0.343 e. The van der Waals surface area contributed by atoms with Gasteiger partial charge in [-0.15, -0.1) is 0 Å². The van der Waals surface area contributed by atoms with E-state index in [0.717, 1.165) is 11.3 Å². The maximum atomic E-state index is 12.3. The van der Waals surface area contributed by atoms with Crippen LogP contribution in [0.15, 0.2) is 72.9 Å². The number of esters is 1. The van der Waals surface area contributed by atoms with E-state index >= 15 is 0 Å². The molecule has 1 heterocycles. The van der Waals surface area contributed by atoms with Gasteiger partial charge in [0, 0.05) is 6.20 Å². The molecule has 0 bridgehead atoms. The van der Waals surface area contributed by atoms with E-state index in [1.165, 1.54) is 5.56 Å². The lowest BCUT2D eigenvalue weighted by Crippen LogP contribution is -2.12. The van der Waals surface area contributed by atoms with Crippen molar-refractivity contribution >= 4 is 18.1 Å². The van der Waals surface area contributed by atoms with Gasteiger partial charge in [0.25, 0.3) is 0 Å². The zero-order chi connectivity index (χ0) is 19.3. The molecule has 0 N–H and O–H groups in total. The minimum absolute atomic E-state index is 0.0566. The molecular weight excluding hydrogens is 334 g/mol. The zero-order valence-electron chi connectivity index (χ0n) is 15.8. The lowest BCUT2D eigenvalue weighted by Gasteiger charge is -2.18. The Morgan fingerprint density at radius 2 is 1.59 bits per heavy atom. The summed E-state index contributed by atoms with van der Waals surface area (Å²) in [6.45, 7) is 6.43. The Labute approximate surface area is 160 Å². The van der Waals surface area contributed by atoms with Crippen molar-refractivity contribution < 1.29 is 9.53 Å². The van der Waals surface area contributed by atoms with E-state index in [1.807, 2.05) is 66.7 Å². The topological polar surface area (TPSA) is 39.2 Å². The normalized spacial score (nSPS) is 11.5. The number of nitrogens with zero attached hydrogens (tertiary/aromatic N) is 1. The number of carbonyl (C=O) groups is 1. The number of rotatable bonds is 4. The van der Waals surface area contributed by atoms with Gasteiger partial charge in [0.05, 0.1) is 11.3 Å². The Morgan fingerprint density at radius 3 is 2.19 bits per heavy atom. The van der Waals surface area contributed by atoms with Crippen LogP contribution in [0.1, 0.15) is 48.0 Å². The first kappa shape index (κ1) is 18.6. The van der Waals surface area contributed by atoms with Gasteiger partial charge in [-0.05, 0) is 59.0 Å². The second kappa shape index (κ2) is 8.00. The number of carbonyl (C=O) groups excluding carboxylic acids is 1. The third-order valence-electron chi connectivity index (χ3n) is 4.21. The van der Waals surface area contributed by atoms with Crippen LogP contribution in [-0.4, -0.2) is 11.0 Å². The lowest BCUT2D eigenvalue weighted by molar-refractivity contribution is 0.0734. The van der Waals surface area contributed by atoms with Gasteiger partial charge >= 0.3 is 5.97 Å². The first-order valence-corrected chi connectivity index (χ1v) is 8.94. The van der Waals surface area contributed by atoms with E-state index in [0.29, 0.717) is 11.3 Å². The molecule has 0 aliphatic carbocycles. The SMILES string of the molecule is CC(C)(C)c1ccc(C(=O)Oc2ccc(/C=C/c3ccccn3)cc2)cc1. The fourth-order valence-electron chi connectivity index (χ4n) is 2.58. The third kappa shape index (κ3) is 5.14. The van der Waals surface area contributed by atoms with E-state index in [4.69, 9.17) is 4.74 Å². The van der Waals surface area contributed by atoms with Crippen LogP contribution in [0.5, 0.6) is 5.75 Å². The van der Waals surface area contributed by atoms with E-state index in [2.05, 4.69) is 25.8 Å². The van der Waals surface area contributed by atoms with Gasteiger partial charge in [-0.3, -0.25) is 4.98 Å². The van der Waals surface area contributed by atoms with Crippen molar-refractivity contribution in [3.05, 3.63) is 95.3 Å². The number of hydrogen-bond acceptors (Lipinski definition) is 3. The minimum Gasteiger partial charge on any atom is -0.423 e. The Balaban J connectivity index is 1.64. The van der Waals surface area contributed by atoms with Crippen molar-refractivity contribution in [1.29, 1.82) is 0 Å². The van der Waals surface area contributed by atoms with Crippen LogP contribution in [-0.2, 0) is 5.41 Å². The van der Waals surface area contributed by atoms with Crippen molar-refractivity contribution in [2.75, 3.05) is 0 Å². The molecule has 0 atom stereocenters. The van der Waals surface area contributed by atoms with Crippen molar-refractivity contribution in [2.45, 2.75) is 26.2 Å². The Kier molecular flexibility index (Phi) is 5.51. The van der Waals surface area contributed by atoms with Gasteiger partial charge in [0.1, 0.15) is 5.75 Å². The van der Waals surface area contributed by atoms with E-state index in [9.17, 15) is 4.79 Å². The van der Waals surface area contributed by atoms with Crippen LogP contribution in [0.3, 0.4) is 0 Å². The molecule has 0 radical (unpaired) electrons. The summed E-state index contributed by atoms with van der Waals surface area (Å²) in [6.07, 6.45) is 5.67. The number of ether oxygens (including phenoxy) is 1. The molecule has 0 amide bonds. The van der Waals surface area contributed by atoms with Gasteiger partial charge in [0.15, 0.2) is 0 Å². The summed E-state index contributed by atoms with van der Waals surface area (Å²) in [6, 6.07) is 20.7. The lowest BCUT2D eigenvalue weighted by atomic mass is 9.87. The molecular formula is C24H23NO2. The van der Waals surface area contributed by atoms with Crippen LogP contribution < -0.4 is 4.74 Å². The molecule has 0 aliphatic rings. The average molecular weight is 357 g/mol. The van der Waals surface area contributed by atoms with Gasteiger partial charge in [-0.1, -0.05) is 57.2 Å². The molecule has 1 aromatic heterocycles. The first-order chi connectivity index (χ1) is 12.9. The highest BCUT2D eigenvalue weighted by molar-refractivity contribution is 5.91. The fraction of sp³-hybridized carbons (Fsp3) is 0.167. The first-order valence-electron chi connectivity index (χ1n) is 8.94. The molecule has 27 heavy (non-hydrogen) atoms. The molecule has 3 rings (SSSR count). The second-order valence-electron chi connectivity index (χ2n) is 7.37. The molecule has 3 nitrogen and oxygen atoms in total. The van der Waals surface area contributed by atoms with Crippen LogP contribution >= 0.6 is 0 Å². The molecule has 0 aliphatic heterocycles. The predicted octanol–water partition coefficient (Wildman–Crippen LogP) is 5.77. The maximum absolute atomic E-state index is 12.3. The molecule has 136 valence electrons. The summed E-state index contributed by atoms with van der Waals surface area (Å²) in [7, 11) is 0. The molecule has 0 saturated carbocycles. The standard InChI is InChI=1S/C24H23NO2/c1-24(2,3)20-12-10-19(11-13-20)23(26)27-22-15-8-18(9-16-22)7-14-21-6-4-5-17-25-21/h4-17H,1-3H3/b14-7+. The largest absolute Gasteiger partial charge is 0.423 e.